The lowest BCUT2D eigenvalue weighted by Gasteiger charge is -2.03. The molecule has 0 saturated carbocycles. The first kappa shape index (κ1) is 8.47. The Morgan fingerprint density at radius 1 is 1.40 bits per heavy atom. The van der Waals surface area contributed by atoms with Crippen molar-refractivity contribution in [2.24, 2.45) is 0 Å². The molecular weight excluding hydrogens is 196 g/mol. The van der Waals surface area contributed by atoms with Crippen molar-refractivity contribution >= 4 is 11.9 Å². The van der Waals surface area contributed by atoms with E-state index in [4.69, 9.17) is 12.2 Å². The summed E-state index contributed by atoms with van der Waals surface area (Å²) in [6.45, 7) is 3.02. The average molecular weight is 210 g/mol. The maximum atomic E-state index is 11.4. The molecule has 4 heteroatoms. The van der Waals surface area contributed by atoms with Crippen LogP contribution in [0.4, 0.5) is 0 Å². The van der Waals surface area contributed by atoms with Crippen LogP contribution in [0.3, 0.4) is 0 Å². The molecule has 80 valence electrons. The summed E-state index contributed by atoms with van der Waals surface area (Å²) < 4.78 is 24.7. The molecule has 4 nitrogen and oxygen atoms in total. The normalized spacial score (nSPS) is 11.3. The first-order valence-electron chi connectivity index (χ1n) is 5.42. The van der Waals surface area contributed by atoms with Gasteiger partial charge in [0.1, 0.15) is 5.75 Å². The summed E-state index contributed by atoms with van der Waals surface area (Å²) in [4.78, 5) is 22.2. The zero-order chi connectivity index (χ0) is 13.0. The monoisotopic (exact) mass is 210 g/mol. The highest BCUT2D eigenvalue weighted by atomic mass is 16.5. The van der Waals surface area contributed by atoms with Gasteiger partial charge in [-0.1, -0.05) is 0 Å². The van der Waals surface area contributed by atoms with Crippen molar-refractivity contribution in [2.45, 2.75) is 13.8 Å². The van der Waals surface area contributed by atoms with Crippen LogP contribution in [0.1, 0.15) is 26.9 Å². The zero-order valence-corrected chi connectivity index (χ0v) is 8.49. The molecule has 0 spiro atoms. The molecule has 0 amide bonds. The van der Waals surface area contributed by atoms with Crippen LogP contribution in [0, 0.1) is 0 Å². The lowest BCUT2D eigenvalue weighted by molar-refractivity contribution is -0.131. The van der Waals surface area contributed by atoms with Crippen LogP contribution in [0.5, 0.6) is 5.75 Å². The maximum absolute atomic E-state index is 11.4. The van der Waals surface area contributed by atoms with Crippen LogP contribution in [0.25, 0.3) is 0 Å². The van der Waals surface area contributed by atoms with Crippen LogP contribution in [0.2, 0.25) is 0 Å². The third kappa shape index (κ3) is 3.42. The predicted molar refractivity (Wildman–Crippen MR) is 53.7 cm³/mol. The van der Waals surface area contributed by atoms with Gasteiger partial charge in [-0.15, -0.1) is 0 Å². The number of rotatable bonds is 3. The smallest absolute Gasteiger partial charge is 0.338 e. The Balaban J connectivity index is 3.10. The second kappa shape index (κ2) is 5.14. The number of carbonyl (C=O) groups excluding carboxylic acids is 2. The van der Waals surface area contributed by atoms with Gasteiger partial charge in [0.25, 0.3) is 0 Å². The van der Waals surface area contributed by atoms with Crippen LogP contribution in [-0.4, -0.2) is 18.5 Å². The van der Waals surface area contributed by atoms with E-state index in [2.05, 4.69) is 0 Å². The average Bonchev–Trinajstić information content (AvgIpc) is 2.15. The van der Waals surface area contributed by atoms with Crippen molar-refractivity contribution in [1.29, 1.82) is 0 Å². The van der Waals surface area contributed by atoms with Crippen LogP contribution >= 0.6 is 0 Å². The Kier molecular flexibility index (Phi) is 2.90. The first-order valence-corrected chi connectivity index (χ1v) is 4.42. The molecule has 0 radical (unpaired) electrons. The van der Waals surface area contributed by atoms with Gasteiger partial charge < -0.3 is 9.47 Å². The standard InChI is InChI=1S/C11H12O4/c1-3-14-11(13)9-4-6-10(7-5-9)15-8(2)12/h4-7H,3H2,1-2H3/i4D,5D. The molecule has 0 aromatic heterocycles. The first-order chi connectivity index (χ1) is 7.95. The number of hydrogen-bond acceptors (Lipinski definition) is 4. The molecule has 1 rings (SSSR count). The second-order valence-corrected chi connectivity index (χ2v) is 2.67. The fourth-order valence-electron chi connectivity index (χ4n) is 0.916. The summed E-state index contributed by atoms with van der Waals surface area (Å²) in [5.74, 6) is -1.20. The number of hydrogen-bond donors (Lipinski definition) is 0. The summed E-state index contributed by atoms with van der Waals surface area (Å²) in [7, 11) is 0. The SMILES string of the molecule is [2H]c1cc(OC(C)=O)cc([2H])c1C(=O)OCC. The fraction of sp³-hybridized carbons (Fsp3) is 0.273. The Morgan fingerprint density at radius 3 is 2.47 bits per heavy atom. The van der Waals surface area contributed by atoms with E-state index in [9.17, 15) is 9.59 Å². The van der Waals surface area contributed by atoms with Crippen molar-refractivity contribution in [1.82, 2.24) is 0 Å². The quantitative estimate of drug-likeness (QED) is 0.563. The lowest BCUT2D eigenvalue weighted by atomic mass is 10.2. The van der Waals surface area contributed by atoms with Crippen LogP contribution in [-0.2, 0) is 9.53 Å². The maximum Gasteiger partial charge on any atom is 0.338 e. The van der Waals surface area contributed by atoms with E-state index >= 15 is 0 Å². The minimum atomic E-state index is -0.725. The summed E-state index contributed by atoms with van der Waals surface area (Å²) in [6.07, 6.45) is 0. The van der Waals surface area contributed by atoms with E-state index in [0.717, 1.165) is 0 Å². The van der Waals surface area contributed by atoms with Crippen molar-refractivity contribution in [3.05, 3.63) is 29.8 Å². The van der Waals surface area contributed by atoms with E-state index < -0.39 is 11.9 Å². The van der Waals surface area contributed by atoms with Gasteiger partial charge in [0.05, 0.1) is 14.9 Å². The highest BCUT2D eigenvalue weighted by Gasteiger charge is 2.06. The van der Waals surface area contributed by atoms with Crippen molar-refractivity contribution in [2.75, 3.05) is 6.61 Å². The number of benzene rings is 1. The second-order valence-electron chi connectivity index (χ2n) is 2.67. The molecule has 0 bridgehead atoms. The summed E-state index contributed by atoms with van der Waals surface area (Å²) in [5, 5.41) is 0. The van der Waals surface area contributed by atoms with Gasteiger partial charge in [-0.25, -0.2) is 4.79 Å². The number of carbonyl (C=O) groups is 2. The summed E-state index contributed by atoms with van der Waals surface area (Å²) in [5.41, 5.74) is -0.136. The molecule has 0 aliphatic carbocycles. The minimum Gasteiger partial charge on any atom is -0.462 e. The predicted octanol–water partition coefficient (Wildman–Crippen LogP) is 1.79. The molecule has 0 heterocycles. The van der Waals surface area contributed by atoms with Crippen molar-refractivity contribution in [3.8, 4) is 5.75 Å². The lowest BCUT2D eigenvalue weighted by Crippen LogP contribution is -2.05. The third-order valence-electron chi connectivity index (χ3n) is 1.46. The molecule has 0 aliphatic heterocycles. The molecule has 0 fully saturated rings. The molecular formula is C11H12O4. The van der Waals surface area contributed by atoms with E-state index in [0.29, 0.717) is 0 Å². The Bertz CT molecular complexity index is 434. The van der Waals surface area contributed by atoms with Gasteiger partial charge in [-0.2, -0.15) is 0 Å². The van der Waals surface area contributed by atoms with Gasteiger partial charge in [-0.3, -0.25) is 4.79 Å². The van der Waals surface area contributed by atoms with Gasteiger partial charge in [0, 0.05) is 6.92 Å². The number of ether oxygens (including phenoxy) is 2. The molecule has 15 heavy (non-hydrogen) atoms. The van der Waals surface area contributed by atoms with Crippen LogP contribution in [0.15, 0.2) is 24.2 Å². The van der Waals surface area contributed by atoms with Gasteiger partial charge >= 0.3 is 11.9 Å². The highest BCUT2D eigenvalue weighted by Crippen LogP contribution is 2.12. The van der Waals surface area contributed by atoms with Gasteiger partial charge in [-0.05, 0) is 31.1 Å². The van der Waals surface area contributed by atoms with E-state index in [1.165, 1.54) is 19.1 Å². The molecule has 1 aromatic carbocycles. The topological polar surface area (TPSA) is 52.6 Å². The van der Waals surface area contributed by atoms with Crippen molar-refractivity contribution in [3.63, 3.8) is 0 Å². The fourth-order valence-corrected chi connectivity index (χ4v) is 0.916. The Labute approximate surface area is 90.6 Å². The number of esters is 2. The highest BCUT2D eigenvalue weighted by molar-refractivity contribution is 5.89. The molecule has 0 unspecified atom stereocenters. The summed E-state index contributed by atoms with van der Waals surface area (Å²) in [6, 6.07) is 2.00. The zero-order valence-electron chi connectivity index (χ0n) is 10.5. The summed E-state index contributed by atoms with van der Waals surface area (Å²) >= 11 is 0. The molecule has 0 atom stereocenters. The molecule has 0 saturated heterocycles. The largest absolute Gasteiger partial charge is 0.462 e. The Hall–Kier alpha value is -1.84. The van der Waals surface area contributed by atoms with Crippen molar-refractivity contribution < 1.29 is 21.8 Å². The van der Waals surface area contributed by atoms with E-state index in [-0.39, 0.29) is 30.0 Å². The molecule has 0 N–H and O–H groups in total. The Morgan fingerprint density at radius 2 is 2.00 bits per heavy atom. The van der Waals surface area contributed by atoms with Crippen LogP contribution < -0.4 is 4.74 Å². The van der Waals surface area contributed by atoms with E-state index in [1.54, 1.807) is 6.92 Å². The van der Waals surface area contributed by atoms with Gasteiger partial charge in [0.15, 0.2) is 0 Å². The molecule has 1 aromatic rings. The van der Waals surface area contributed by atoms with Gasteiger partial charge in [0.2, 0.25) is 0 Å². The third-order valence-corrected chi connectivity index (χ3v) is 1.46. The minimum absolute atomic E-state index is 0.0700. The molecule has 0 aliphatic rings. The van der Waals surface area contributed by atoms with E-state index in [1.807, 2.05) is 0 Å².